The molecule has 1 fully saturated rings. The van der Waals surface area contributed by atoms with Crippen LogP contribution in [0.15, 0.2) is 18.2 Å². The van der Waals surface area contributed by atoms with E-state index in [9.17, 15) is 4.79 Å². The Labute approximate surface area is 124 Å². The second kappa shape index (κ2) is 6.71. The van der Waals surface area contributed by atoms with E-state index in [1.165, 1.54) is 0 Å². The summed E-state index contributed by atoms with van der Waals surface area (Å²) in [6.07, 6.45) is 3.34. The summed E-state index contributed by atoms with van der Waals surface area (Å²) in [4.78, 5) is 11.8. The van der Waals surface area contributed by atoms with Crippen molar-refractivity contribution >= 4 is 37.6 Å². The van der Waals surface area contributed by atoms with Crippen LogP contribution in [0.25, 0.3) is 0 Å². The van der Waals surface area contributed by atoms with Crippen molar-refractivity contribution in [2.24, 2.45) is 0 Å². The summed E-state index contributed by atoms with van der Waals surface area (Å²) >= 11 is 6.90. The van der Waals surface area contributed by atoms with Crippen LogP contribution in [0.4, 0.5) is 0 Å². The molecule has 1 aromatic rings. The van der Waals surface area contributed by atoms with Gasteiger partial charge in [0.25, 0.3) is 0 Å². The van der Waals surface area contributed by atoms with Gasteiger partial charge in [-0.15, -0.1) is 0 Å². The third-order valence-corrected chi connectivity index (χ3v) is 4.45. The number of Topliss-reactive ketones (excluding diaryl/α,β-unsaturated/α-hetero) is 1. The molecular formula is C14H16Br2O2. The maximum Gasteiger partial charge on any atom is 0.173 e. The van der Waals surface area contributed by atoms with Crippen LogP contribution in [-0.4, -0.2) is 11.9 Å². The number of benzene rings is 1. The summed E-state index contributed by atoms with van der Waals surface area (Å²) in [5.74, 6) is 1.08. The topological polar surface area (TPSA) is 26.3 Å². The predicted octanol–water partition coefficient (Wildman–Crippen LogP) is 4.37. The molecule has 0 bridgehead atoms. The molecule has 1 unspecified atom stereocenters. The fraction of sp³-hybridized carbons (Fsp3) is 0.500. The van der Waals surface area contributed by atoms with Crippen LogP contribution in [0.2, 0.25) is 0 Å². The largest absolute Gasteiger partial charge is 0.482 e. The van der Waals surface area contributed by atoms with Crippen molar-refractivity contribution in [1.82, 2.24) is 0 Å². The van der Waals surface area contributed by atoms with E-state index in [0.29, 0.717) is 6.42 Å². The van der Waals surface area contributed by atoms with Gasteiger partial charge in [0.05, 0.1) is 0 Å². The molecule has 0 heterocycles. The first-order valence-corrected chi connectivity index (χ1v) is 8.42. The lowest BCUT2D eigenvalue weighted by Crippen LogP contribution is -2.30. The summed E-state index contributed by atoms with van der Waals surface area (Å²) in [6, 6.07) is 6.14. The van der Waals surface area contributed by atoms with Crippen molar-refractivity contribution < 1.29 is 9.53 Å². The summed E-state index contributed by atoms with van der Waals surface area (Å²) in [5, 5.41) is 1.54. The Hall–Kier alpha value is -0.350. The molecule has 0 spiro atoms. The lowest BCUT2D eigenvalue weighted by molar-refractivity contribution is -0.127. The van der Waals surface area contributed by atoms with Gasteiger partial charge >= 0.3 is 0 Å². The van der Waals surface area contributed by atoms with Crippen molar-refractivity contribution in [1.29, 1.82) is 0 Å². The smallest absolute Gasteiger partial charge is 0.173 e. The highest BCUT2D eigenvalue weighted by Gasteiger charge is 2.24. The number of rotatable bonds is 4. The highest BCUT2D eigenvalue weighted by atomic mass is 79.9. The summed E-state index contributed by atoms with van der Waals surface area (Å²) < 4.78 is 5.93. The predicted molar refractivity (Wildman–Crippen MR) is 79.6 cm³/mol. The van der Waals surface area contributed by atoms with Gasteiger partial charge in [0.15, 0.2) is 11.9 Å². The van der Waals surface area contributed by atoms with Crippen LogP contribution in [0.5, 0.6) is 5.75 Å². The molecule has 98 valence electrons. The van der Waals surface area contributed by atoms with E-state index in [0.717, 1.165) is 46.8 Å². The van der Waals surface area contributed by atoms with E-state index in [1.54, 1.807) is 0 Å². The van der Waals surface area contributed by atoms with Crippen molar-refractivity contribution in [2.45, 2.75) is 42.4 Å². The van der Waals surface area contributed by atoms with E-state index >= 15 is 0 Å². The van der Waals surface area contributed by atoms with Crippen molar-refractivity contribution in [3.8, 4) is 5.75 Å². The zero-order valence-electron chi connectivity index (χ0n) is 10.1. The minimum atomic E-state index is -0.248. The molecule has 1 saturated carbocycles. The van der Waals surface area contributed by atoms with E-state index in [-0.39, 0.29) is 11.9 Å². The van der Waals surface area contributed by atoms with Crippen LogP contribution in [0.3, 0.4) is 0 Å². The number of alkyl halides is 2. The first-order chi connectivity index (χ1) is 8.74. The molecule has 1 atom stereocenters. The highest BCUT2D eigenvalue weighted by Crippen LogP contribution is 2.28. The number of ether oxygens (including phenoxy) is 1. The Morgan fingerprint density at radius 3 is 2.72 bits per heavy atom. The van der Waals surface area contributed by atoms with Gasteiger partial charge in [-0.3, -0.25) is 4.79 Å². The minimum Gasteiger partial charge on any atom is -0.482 e. The van der Waals surface area contributed by atoms with Crippen molar-refractivity contribution in [3.63, 3.8) is 0 Å². The average Bonchev–Trinajstić information content (AvgIpc) is 2.41. The molecular weight excluding hydrogens is 360 g/mol. The lowest BCUT2D eigenvalue weighted by Gasteiger charge is -2.23. The van der Waals surface area contributed by atoms with E-state index in [4.69, 9.17) is 4.74 Å². The molecule has 0 N–H and O–H groups in total. The van der Waals surface area contributed by atoms with Gasteiger partial charge < -0.3 is 4.74 Å². The minimum absolute atomic E-state index is 0.242. The lowest BCUT2D eigenvalue weighted by atomic mass is 9.96. The highest BCUT2D eigenvalue weighted by molar-refractivity contribution is 9.08. The Bertz CT molecular complexity index is 432. The third kappa shape index (κ3) is 3.35. The van der Waals surface area contributed by atoms with Gasteiger partial charge in [-0.25, -0.2) is 0 Å². The Balaban J connectivity index is 2.18. The average molecular weight is 376 g/mol. The second-order valence-corrected chi connectivity index (χ2v) is 5.65. The van der Waals surface area contributed by atoms with Gasteiger partial charge in [0, 0.05) is 22.6 Å². The number of carbonyl (C=O) groups is 1. The van der Waals surface area contributed by atoms with Crippen LogP contribution >= 0.6 is 31.9 Å². The van der Waals surface area contributed by atoms with Crippen LogP contribution in [0.1, 0.15) is 36.8 Å². The number of carbonyl (C=O) groups excluding carboxylic acids is 1. The number of halogens is 2. The summed E-state index contributed by atoms with van der Waals surface area (Å²) in [5.41, 5.74) is 2.26. The Morgan fingerprint density at radius 1 is 1.22 bits per heavy atom. The van der Waals surface area contributed by atoms with Gasteiger partial charge in [-0.1, -0.05) is 44.0 Å². The van der Waals surface area contributed by atoms with E-state index < -0.39 is 0 Å². The summed E-state index contributed by atoms with van der Waals surface area (Å²) in [6.45, 7) is 0. The Morgan fingerprint density at radius 2 is 2.06 bits per heavy atom. The Kier molecular flexibility index (Phi) is 5.25. The maximum absolute atomic E-state index is 11.8. The molecule has 0 saturated heterocycles. The number of hydrogen-bond acceptors (Lipinski definition) is 2. The van der Waals surface area contributed by atoms with Crippen LogP contribution in [0, 0.1) is 0 Å². The molecule has 0 aliphatic heterocycles. The van der Waals surface area contributed by atoms with E-state index in [1.807, 2.05) is 12.1 Å². The van der Waals surface area contributed by atoms with E-state index in [2.05, 4.69) is 37.9 Å². The molecule has 1 aromatic carbocycles. The van der Waals surface area contributed by atoms with Gasteiger partial charge in [-0.2, -0.15) is 0 Å². The quantitative estimate of drug-likeness (QED) is 0.730. The molecule has 0 radical (unpaired) electrons. The monoisotopic (exact) mass is 374 g/mol. The molecule has 4 heteroatoms. The molecule has 0 aromatic heterocycles. The van der Waals surface area contributed by atoms with Crippen LogP contribution < -0.4 is 4.74 Å². The first-order valence-electron chi connectivity index (χ1n) is 6.17. The van der Waals surface area contributed by atoms with Gasteiger partial charge in [0.2, 0.25) is 0 Å². The van der Waals surface area contributed by atoms with Crippen molar-refractivity contribution in [2.75, 3.05) is 0 Å². The normalized spacial score (nSPS) is 19.9. The van der Waals surface area contributed by atoms with Gasteiger partial charge in [-0.05, 0) is 30.9 Å². The third-order valence-electron chi connectivity index (χ3n) is 3.20. The van der Waals surface area contributed by atoms with Crippen molar-refractivity contribution in [3.05, 3.63) is 29.3 Å². The molecule has 1 aliphatic rings. The summed E-state index contributed by atoms with van der Waals surface area (Å²) in [7, 11) is 0. The molecule has 0 amide bonds. The maximum atomic E-state index is 11.8. The van der Waals surface area contributed by atoms with Crippen LogP contribution in [-0.2, 0) is 15.5 Å². The second-order valence-electron chi connectivity index (χ2n) is 4.53. The molecule has 2 rings (SSSR count). The zero-order valence-corrected chi connectivity index (χ0v) is 13.3. The molecule has 18 heavy (non-hydrogen) atoms. The fourth-order valence-corrected chi connectivity index (χ4v) is 2.94. The zero-order chi connectivity index (χ0) is 13.0. The first kappa shape index (κ1) is 14.1. The fourth-order valence-electron chi connectivity index (χ4n) is 2.13. The molecule has 1 aliphatic carbocycles. The number of hydrogen-bond donors (Lipinski definition) is 0. The molecule has 2 nitrogen and oxygen atoms in total. The standard InChI is InChI=1S/C14H16Br2O2/c15-8-10-5-6-11(9-16)14(7-10)18-13-4-2-1-3-12(13)17/h5-7,13H,1-4,8-9H2. The number of ketones is 1. The van der Waals surface area contributed by atoms with Gasteiger partial charge in [0.1, 0.15) is 5.75 Å². The SMILES string of the molecule is O=C1CCCCC1Oc1cc(CBr)ccc1CBr.